The van der Waals surface area contributed by atoms with Crippen LogP contribution in [0.5, 0.6) is 0 Å². The number of aromatic nitrogens is 1. The van der Waals surface area contributed by atoms with Gasteiger partial charge in [-0.3, -0.25) is 9.88 Å². The number of hydrogen-bond acceptors (Lipinski definition) is 2. The van der Waals surface area contributed by atoms with Crippen LogP contribution >= 0.6 is 0 Å². The molecular formula is C15H22N2O2. The van der Waals surface area contributed by atoms with E-state index in [0.29, 0.717) is 12.5 Å². The summed E-state index contributed by atoms with van der Waals surface area (Å²) in [5.74, 6) is 0.627. The lowest BCUT2D eigenvalue weighted by molar-refractivity contribution is 0.201. The van der Waals surface area contributed by atoms with Gasteiger partial charge in [-0.2, -0.15) is 0 Å². The Morgan fingerprint density at radius 3 is 2.79 bits per heavy atom. The first-order valence-electron chi connectivity index (χ1n) is 6.81. The molecule has 0 atom stereocenters. The molecule has 1 aliphatic heterocycles. The zero-order valence-corrected chi connectivity index (χ0v) is 12.1. The SMILES string of the molecule is CC(C)CCc1cc2c(cn1)C(C)(C)CN2C(=O)O. The molecule has 0 saturated carbocycles. The molecule has 0 radical (unpaired) electrons. The first-order chi connectivity index (χ1) is 8.81. The summed E-state index contributed by atoms with van der Waals surface area (Å²) < 4.78 is 0. The Balaban J connectivity index is 2.32. The number of carbonyl (C=O) groups is 1. The number of aryl methyl sites for hydroxylation is 1. The predicted octanol–water partition coefficient (Wildman–Crippen LogP) is 3.45. The van der Waals surface area contributed by atoms with Crippen LogP contribution in [0.4, 0.5) is 10.5 Å². The molecule has 4 heteroatoms. The van der Waals surface area contributed by atoms with Crippen LogP contribution in [-0.4, -0.2) is 22.7 Å². The Hall–Kier alpha value is -1.58. The summed E-state index contributed by atoms with van der Waals surface area (Å²) in [4.78, 5) is 17.3. The topological polar surface area (TPSA) is 53.4 Å². The van der Waals surface area contributed by atoms with Crippen LogP contribution in [0.25, 0.3) is 0 Å². The zero-order valence-electron chi connectivity index (χ0n) is 12.1. The Morgan fingerprint density at radius 2 is 2.21 bits per heavy atom. The number of amides is 1. The fraction of sp³-hybridized carbons (Fsp3) is 0.600. The summed E-state index contributed by atoms with van der Waals surface area (Å²) in [6, 6.07) is 1.95. The molecular weight excluding hydrogens is 240 g/mol. The Morgan fingerprint density at radius 1 is 1.53 bits per heavy atom. The van der Waals surface area contributed by atoms with Crippen molar-refractivity contribution in [1.82, 2.24) is 4.98 Å². The molecule has 0 aromatic carbocycles. The molecule has 2 rings (SSSR count). The van der Waals surface area contributed by atoms with Crippen LogP contribution in [0.3, 0.4) is 0 Å². The van der Waals surface area contributed by atoms with Crippen molar-refractivity contribution in [3.8, 4) is 0 Å². The van der Waals surface area contributed by atoms with Crippen LogP contribution in [0, 0.1) is 5.92 Å². The van der Waals surface area contributed by atoms with Crippen LogP contribution in [0.1, 0.15) is 45.4 Å². The summed E-state index contributed by atoms with van der Waals surface area (Å²) in [5.41, 5.74) is 2.67. The van der Waals surface area contributed by atoms with Gasteiger partial charge in [0.15, 0.2) is 0 Å². The van der Waals surface area contributed by atoms with Gasteiger partial charge in [0.2, 0.25) is 0 Å². The minimum atomic E-state index is -0.882. The van der Waals surface area contributed by atoms with E-state index in [4.69, 9.17) is 0 Å². The number of fused-ring (bicyclic) bond motifs is 1. The van der Waals surface area contributed by atoms with E-state index >= 15 is 0 Å². The van der Waals surface area contributed by atoms with E-state index in [2.05, 4.69) is 32.7 Å². The Labute approximate surface area is 114 Å². The number of pyridine rings is 1. The third kappa shape index (κ3) is 2.72. The highest BCUT2D eigenvalue weighted by atomic mass is 16.4. The summed E-state index contributed by atoms with van der Waals surface area (Å²) in [6.07, 6.45) is 2.95. The molecule has 1 aromatic rings. The first kappa shape index (κ1) is 13.8. The highest BCUT2D eigenvalue weighted by molar-refractivity contribution is 5.90. The maximum Gasteiger partial charge on any atom is 0.411 e. The van der Waals surface area contributed by atoms with E-state index in [1.54, 1.807) is 0 Å². The maximum absolute atomic E-state index is 11.3. The van der Waals surface area contributed by atoms with Gasteiger partial charge in [-0.1, -0.05) is 27.7 Å². The lowest BCUT2D eigenvalue weighted by atomic mass is 9.88. The van der Waals surface area contributed by atoms with Crippen molar-refractivity contribution in [2.24, 2.45) is 5.92 Å². The Kier molecular flexibility index (Phi) is 3.52. The smallest absolute Gasteiger partial charge is 0.411 e. The van der Waals surface area contributed by atoms with Crippen molar-refractivity contribution >= 4 is 11.8 Å². The molecule has 0 aliphatic carbocycles. The van der Waals surface area contributed by atoms with Crippen molar-refractivity contribution < 1.29 is 9.90 Å². The van der Waals surface area contributed by atoms with Crippen molar-refractivity contribution in [1.29, 1.82) is 0 Å². The van der Waals surface area contributed by atoms with Gasteiger partial charge in [-0.05, 0) is 24.8 Å². The van der Waals surface area contributed by atoms with Gasteiger partial charge in [0.1, 0.15) is 0 Å². The summed E-state index contributed by atoms with van der Waals surface area (Å²) in [6.45, 7) is 8.99. The summed E-state index contributed by atoms with van der Waals surface area (Å²) >= 11 is 0. The van der Waals surface area contributed by atoms with Gasteiger partial charge >= 0.3 is 6.09 Å². The van der Waals surface area contributed by atoms with Crippen LogP contribution in [-0.2, 0) is 11.8 Å². The predicted molar refractivity (Wildman–Crippen MR) is 75.8 cm³/mol. The largest absolute Gasteiger partial charge is 0.465 e. The zero-order chi connectivity index (χ0) is 14.2. The summed E-state index contributed by atoms with van der Waals surface area (Å²) in [5, 5.41) is 9.31. The second-order valence-corrected chi connectivity index (χ2v) is 6.38. The number of hydrogen-bond donors (Lipinski definition) is 1. The van der Waals surface area contributed by atoms with E-state index < -0.39 is 6.09 Å². The third-order valence-corrected chi connectivity index (χ3v) is 3.72. The van der Waals surface area contributed by atoms with E-state index in [-0.39, 0.29) is 5.41 Å². The van der Waals surface area contributed by atoms with E-state index in [1.165, 1.54) is 4.90 Å². The molecule has 4 nitrogen and oxygen atoms in total. The average Bonchev–Trinajstić information content (AvgIpc) is 2.59. The molecule has 0 spiro atoms. The van der Waals surface area contributed by atoms with E-state index in [9.17, 15) is 9.90 Å². The fourth-order valence-corrected chi connectivity index (χ4v) is 2.54. The molecule has 0 bridgehead atoms. The van der Waals surface area contributed by atoms with Crippen molar-refractivity contribution in [3.05, 3.63) is 23.5 Å². The van der Waals surface area contributed by atoms with Gasteiger partial charge < -0.3 is 5.11 Å². The van der Waals surface area contributed by atoms with Gasteiger partial charge in [0.25, 0.3) is 0 Å². The molecule has 1 N–H and O–H groups in total. The molecule has 0 saturated heterocycles. The van der Waals surface area contributed by atoms with Crippen molar-refractivity contribution in [2.45, 2.75) is 46.0 Å². The lowest BCUT2D eigenvalue weighted by Crippen LogP contribution is -2.32. The lowest BCUT2D eigenvalue weighted by Gasteiger charge is -2.18. The first-order valence-corrected chi connectivity index (χ1v) is 6.81. The van der Waals surface area contributed by atoms with Gasteiger partial charge in [-0.25, -0.2) is 4.79 Å². The molecule has 1 aliphatic rings. The van der Waals surface area contributed by atoms with E-state index in [0.717, 1.165) is 29.8 Å². The van der Waals surface area contributed by atoms with Crippen molar-refractivity contribution in [3.63, 3.8) is 0 Å². The molecule has 104 valence electrons. The minimum absolute atomic E-state index is 0.155. The number of rotatable bonds is 3. The molecule has 0 unspecified atom stereocenters. The second-order valence-electron chi connectivity index (χ2n) is 6.38. The van der Waals surface area contributed by atoms with E-state index in [1.807, 2.05) is 12.3 Å². The molecule has 19 heavy (non-hydrogen) atoms. The van der Waals surface area contributed by atoms with Gasteiger partial charge in [0.05, 0.1) is 5.69 Å². The molecule has 2 heterocycles. The van der Waals surface area contributed by atoms with Gasteiger partial charge in [0, 0.05) is 29.4 Å². The highest BCUT2D eigenvalue weighted by Crippen LogP contribution is 2.40. The Bertz CT molecular complexity index is 495. The summed E-state index contributed by atoms with van der Waals surface area (Å²) in [7, 11) is 0. The van der Waals surface area contributed by atoms with Crippen LogP contribution in [0.2, 0.25) is 0 Å². The highest BCUT2D eigenvalue weighted by Gasteiger charge is 2.38. The number of anilines is 1. The molecule has 1 aromatic heterocycles. The van der Waals surface area contributed by atoms with Gasteiger partial charge in [-0.15, -0.1) is 0 Å². The third-order valence-electron chi connectivity index (χ3n) is 3.72. The fourth-order valence-electron chi connectivity index (χ4n) is 2.54. The average molecular weight is 262 g/mol. The maximum atomic E-state index is 11.3. The normalized spacial score (nSPS) is 16.8. The van der Waals surface area contributed by atoms with Crippen LogP contribution < -0.4 is 4.90 Å². The number of nitrogens with zero attached hydrogens (tertiary/aromatic N) is 2. The second kappa shape index (κ2) is 4.83. The molecule has 1 amide bonds. The molecule has 0 fully saturated rings. The van der Waals surface area contributed by atoms with Crippen LogP contribution in [0.15, 0.2) is 12.3 Å². The quantitative estimate of drug-likeness (QED) is 0.907. The minimum Gasteiger partial charge on any atom is -0.465 e. The monoisotopic (exact) mass is 262 g/mol. The number of carboxylic acid groups (broad SMARTS) is 1. The van der Waals surface area contributed by atoms with Crippen molar-refractivity contribution in [2.75, 3.05) is 11.4 Å². The standard InChI is InChI=1S/C15H22N2O2/c1-10(2)5-6-11-7-13-12(8-16-11)15(3,4)9-17(13)14(18)19/h7-8,10H,5-6,9H2,1-4H3,(H,18,19).